The van der Waals surface area contributed by atoms with Crippen molar-refractivity contribution in [3.63, 3.8) is 0 Å². The number of benzene rings is 1. The highest BCUT2D eigenvalue weighted by molar-refractivity contribution is 6.36. The van der Waals surface area contributed by atoms with Crippen LogP contribution in [0.15, 0.2) is 31.0 Å². The highest BCUT2D eigenvalue weighted by atomic mass is 35.5. The van der Waals surface area contributed by atoms with Gasteiger partial charge in [0.15, 0.2) is 0 Å². The monoisotopic (exact) mass is 360 g/mol. The fourth-order valence-corrected chi connectivity index (χ4v) is 4.28. The molecule has 1 aromatic carbocycles. The van der Waals surface area contributed by atoms with E-state index in [1.807, 2.05) is 12.1 Å². The fourth-order valence-electron chi connectivity index (χ4n) is 4.01. The molecule has 5 heteroatoms. The van der Waals surface area contributed by atoms with Gasteiger partial charge in [-0.3, -0.25) is 0 Å². The number of hydrogen-bond donors (Lipinski definition) is 2. The second-order valence-corrected chi connectivity index (χ2v) is 7.77. The number of halogens is 1. The van der Waals surface area contributed by atoms with Crippen molar-refractivity contribution in [2.75, 3.05) is 19.8 Å². The Bertz CT molecular complexity index is 788. The number of ether oxygens (including phenoxy) is 1. The molecular weight excluding hydrogens is 336 g/mol. The normalized spacial score (nSPS) is 19.9. The zero-order valence-corrected chi connectivity index (χ0v) is 15.2. The molecule has 25 heavy (non-hydrogen) atoms. The van der Waals surface area contributed by atoms with E-state index in [0.29, 0.717) is 6.04 Å². The molecule has 2 aromatic rings. The van der Waals surface area contributed by atoms with E-state index < -0.39 is 5.60 Å². The van der Waals surface area contributed by atoms with Crippen molar-refractivity contribution in [2.45, 2.75) is 43.7 Å². The van der Waals surface area contributed by atoms with Gasteiger partial charge in [0.05, 0.1) is 35.4 Å². The predicted octanol–water partition coefficient (Wildman–Crippen LogP) is 4.12. The number of aromatic nitrogens is 1. The van der Waals surface area contributed by atoms with Crippen LogP contribution in [0.3, 0.4) is 0 Å². The van der Waals surface area contributed by atoms with Crippen LogP contribution >= 0.6 is 11.6 Å². The SMILES string of the molecule is C=C(NCCC1(O)CCCC1)c1cn(C2COC2)c2cccc(Cl)c12. The molecular formula is C20H25ClN2O2. The van der Waals surface area contributed by atoms with Gasteiger partial charge in [0.25, 0.3) is 0 Å². The first kappa shape index (κ1) is 17.0. The third-order valence-electron chi connectivity index (χ3n) is 5.61. The maximum absolute atomic E-state index is 10.5. The van der Waals surface area contributed by atoms with Gasteiger partial charge in [0.2, 0.25) is 0 Å². The van der Waals surface area contributed by atoms with E-state index in [1.165, 1.54) is 0 Å². The zero-order chi connectivity index (χ0) is 17.4. The molecule has 2 fully saturated rings. The molecule has 4 nitrogen and oxygen atoms in total. The van der Waals surface area contributed by atoms with Gasteiger partial charge in [-0.2, -0.15) is 0 Å². The summed E-state index contributed by atoms with van der Waals surface area (Å²) < 4.78 is 7.60. The lowest BCUT2D eigenvalue weighted by Gasteiger charge is -2.28. The Morgan fingerprint density at radius 3 is 2.80 bits per heavy atom. The number of nitrogens with one attached hydrogen (secondary N) is 1. The lowest BCUT2D eigenvalue weighted by Crippen LogP contribution is -2.30. The van der Waals surface area contributed by atoms with Crippen LogP contribution in [-0.4, -0.2) is 35.0 Å². The van der Waals surface area contributed by atoms with Crippen LogP contribution in [0.4, 0.5) is 0 Å². The average Bonchev–Trinajstić information content (AvgIpc) is 3.12. The van der Waals surface area contributed by atoms with Gasteiger partial charge in [-0.1, -0.05) is 37.1 Å². The van der Waals surface area contributed by atoms with E-state index in [1.54, 1.807) is 0 Å². The van der Waals surface area contributed by atoms with Crippen molar-refractivity contribution in [1.29, 1.82) is 0 Å². The van der Waals surface area contributed by atoms with Crippen LogP contribution < -0.4 is 5.32 Å². The van der Waals surface area contributed by atoms with Gasteiger partial charge in [0.1, 0.15) is 0 Å². The van der Waals surface area contributed by atoms with Gasteiger partial charge in [0, 0.05) is 29.4 Å². The average molecular weight is 361 g/mol. The number of fused-ring (bicyclic) bond motifs is 1. The summed E-state index contributed by atoms with van der Waals surface area (Å²) in [7, 11) is 0. The number of nitrogens with zero attached hydrogens (tertiary/aromatic N) is 1. The van der Waals surface area contributed by atoms with Crippen molar-refractivity contribution >= 4 is 28.2 Å². The molecule has 4 rings (SSSR count). The lowest BCUT2D eigenvalue weighted by molar-refractivity contribution is -0.0214. The molecule has 0 bridgehead atoms. The molecule has 1 aliphatic heterocycles. The highest BCUT2D eigenvalue weighted by Gasteiger charge is 2.30. The first-order valence-corrected chi connectivity index (χ1v) is 9.47. The number of aliphatic hydroxyl groups is 1. The summed E-state index contributed by atoms with van der Waals surface area (Å²) >= 11 is 6.49. The molecule has 1 saturated carbocycles. The largest absolute Gasteiger partial charge is 0.390 e. The first-order valence-electron chi connectivity index (χ1n) is 9.10. The van der Waals surface area contributed by atoms with E-state index in [9.17, 15) is 5.11 Å². The van der Waals surface area contributed by atoms with Gasteiger partial charge in [-0.15, -0.1) is 0 Å². The third kappa shape index (κ3) is 3.19. The summed E-state index contributed by atoms with van der Waals surface area (Å²) in [6.45, 7) is 6.42. The van der Waals surface area contributed by atoms with Crippen LogP contribution in [0, 0.1) is 0 Å². The van der Waals surface area contributed by atoms with Crippen LogP contribution in [0.2, 0.25) is 5.02 Å². The minimum Gasteiger partial charge on any atom is -0.390 e. The zero-order valence-electron chi connectivity index (χ0n) is 14.4. The van der Waals surface area contributed by atoms with Crippen molar-refractivity contribution in [3.8, 4) is 0 Å². The predicted molar refractivity (Wildman–Crippen MR) is 102 cm³/mol. The Morgan fingerprint density at radius 1 is 1.36 bits per heavy atom. The minimum atomic E-state index is -0.498. The molecule has 1 aliphatic carbocycles. The summed E-state index contributed by atoms with van der Waals surface area (Å²) in [5.41, 5.74) is 2.51. The van der Waals surface area contributed by atoms with Crippen LogP contribution in [0.25, 0.3) is 16.6 Å². The molecule has 2 N–H and O–H groups in total. The Labute approximate surface area is 153 Å². The summed E-state index contributed by atoms with van der Waals surface area (Å²) in [6, 6.07) is 6.36. The standard InChI is InChI=1S/C20H25ClN2O2/c1-14(22-10-9-20(24)7-2-3-8-20)16-11-23(15-12-25-13-15)18-6-4-5-17(21)19(16)18/h4-6,11,15,22,24H,1-3,7-10,12-13H2. The maximum atomic E-state index is 10.5. The second-order valence-electron chi connectivity index (χ2n) is 7.36. The Hall–Kier alpha value is -1.49. The van der Waals surface area contributed by atoms with E-state index in [-0.39, 0.29) is 0 Å². The maximum Gasteiger partial charge on any atom is 0.0804 e. The van der Waals surface area contributed by atoms with E-state index in [0.717, 1.165) is 79.0 Å². The van der Waals surface area contributed by atoms with E-state index >= 15 is 0 Å². The summed E-state index contributed by atoms with van der Waals surface area (Å²) in [4.78, 5) is 0. The molecule has 2 aliphatic rings. The van der Waals surface area contributed by atoms with Crippen molar-refractivity contribution in [3.05, 3.63) is 41.6 Å². The smallest absolute Gasteiger partial charge is 0.0804 e. The van der Waals surface area contributed by atoms with Crippen molar-refractivity contribution in [1.82, 2.24) is 9.88 Å². The summed E-state index contributed by atoms with van der Waals surface area (Å²) in [5.74, 6) is 0. The minimum absolute atomic E-state index is 0.363. The van der Waals surface area contributed by atoms with Gasteiger partial charge in [-0.25, -0.2) is 0 Å². The molecule has 0 spiro atoms. The summed E-state index contributed by atoms with van der Waals surface area (Å²) in [5, 5.41) is 15.7. The Kier molecular flexibility index (Phi) is 4.52. The molecule has 0 atom stereocenters. The molecule has 134 valence electrons. The molecule has 0 unspecified atom stereocenters. The molecule has 1 aromatic heterocycles. The van der Waals surface area contributed by atoms with Crippen molar-refractivity contribution < 1.29 is 9.84 Å². The molecule has 1 saturated heterocycles. The number of hydrogen-bond acceptors (Lipinski definition) is 3. The van der Waals surface area contributed by atoms with Crippen LogP contribution in [0.1, 0.15) is 43.7 Å². The highest BCUT2D eigenvalue weighted by Crippen LogP contribution is 2.35. The van der Waals surface area contributed by atoms with Gasteiger partial charge in [-0.05, 0) is 31.4 Å². The van der Waals surface area contributed by atoms with E-state index in [4.69, 9.17) is 16.3 Å². The lowest BCUT2D eigenvalue weighted by atomic mass is 9.98. The summed E-state index contributed by atoms with van der Waals surface area (Å²) in [6.07, 6.45) is 6.97. The Morgan fingerprint density at radius 2 is 2.12 bits per heavy atom. The van der Waals surface area contributed by atoms with Crippen LogP contribution in [0.5, 0.6) is 0 Å². The number of rotatable bonds is 6. The first-order chi connectivity index (χ1) is 12.1. The second kappa shape index (κ2) is 6.67. The molecule has 0 amide bonds. The van der Waals surface area contributed by atoms with Gasteiger partial charge < -0.3 is 19.7 Å². The quantitative estimate of drug-likeness (QED) is 0.814. The molecule has 0 radical (unpaired) electrons. The topological polar surface area (TPSA) is 46.4 Å². The molecule has 2 heterocycles. The van der Waals surface area contributed by atoms with E-state index in [2.05, 4.69) is 28.7 Å². The van der Waals surface area contributed by atoms with Gasteiger partial charge >= 0.3 is 0 Å². The fraction of sp³-hybridized carbons (Fsp3) is 0.500. The van der Waals surface area contributed by atoms with Crippen molar-refractivity contribution in [2.24, 2.45) is 0 Å². The van der Waals surface area contributed by atoms with Crippen LogP contribution in [-0.2, 0) is 4.74 Å². The third-order valence-corrected chi connectivity index (χ3v) is 5.92. The Balaban J connectivity index is 1.54.